The van der Waals surface area contributed by atoms with E-state index in [1.807, 2.05) is 48.5 Å². The van der Waals surface area contributed by atoms with Gasteiger partial charge in [-0.3, -0.25) is 0 Å². The van der Waals surface area contributed by atoms with Crippen molar-refractivity contribution in [2.75, 3.05) is 0 Å². The highest BCUT2D eigenvalue weighted by molar-refractivity contribution is 5.80. The summed E-state index contributed by atoms with van der Waals surface area (Å²) in [5.41, 5.74) is 4.41. The van der Waals surface area contributed by atoms with E-state index < -0.39 is 11.7 Å². The first-order chi connectivity index (χ1) is 11.1. The van der Waals surface area contributed by atoms with Gasteiger partial charge in [-0.15, -0.1) is 0 Å². The molecular formula is C20H13F3. The van der Waals surface area contributed by atoms with Gasteiger partial charge in [0.2, 0.25) is 0 Å². The second-order valence-corrected chi connectivity index (χ2v) is 5.73. The minimum absolute atomic E-state index is 0.148. The molecule has 1 aliphatic carbocycles. The van der Waals surface area contributed by atoms with Crippen LogP contribution in [0.3, 0.4) is 0 Å². The Labute approximate surface area is 132 Å². The normalized spacial score (nSPS) is 13.7. The highest BCUT2D eigenvalue weighted by Crippen LogP contribution is 2.48. The van der Waals surface area contributed by atoms with E-state index in [1.54, 1.807) is 6.07 Å². The van der Waals surface area contributed by atoms with Gasteiger partial charge in [0, 0.05) is 5.92 Å². The Morgan fingerprint density at radius 3 is 1.78 bits per heavy atom. The average Bonchev–Trinajstić information content (AvgIpc) is 2.89. The molecule has 0 bridgehead atoms. The van der Waals surface area contributed by atoms with Crippen LogP contribution in [0.15, 0.2) is 72.8 Å². The molecule has 3 heteroatoms. The van der Waals surface area contributed by atoms with Crippen molar-refractivity contribution in [3.63, 3.8) is 0 Å². The van der Waals surface area contributed by atoms with Crippen molar-refractivity contribution in [1.29, 1.82) is 0 Å². The van der Waals surface area contributed by atoms with E-state index in [0.717, 1.165) is 28.3 Å². The van der Waals surface area contributed by atoms with Gasteiger partial charge in [0.15, 0.2) is 0 Å². The van der Waals surface area contributed by atoms with Crippen LogP contribution in [0.4, 0.5) is 13.2 Å². The number of rotatable bonds is 1. The van der Waals surface area contributed by atoms with E-state index in [4.69, 9.17) is 0 Å². The molecular weight excluding hydrogens is 297 g/mol. The summed E-state index contributed by atoms with van der Waals surface area (Å²) in [5, 5.41) is 0. The Hall–Kier alpha value is -2.55. The molecule has 114 valence electrons. The van der Waals surface area contributed by atoms with Crippen molar-refractivity contribution in [3.05, 3.63) is 95.1 Å². The standard InChI is InChI=1S/C20H13F3/c21-20(22,23)14-7-5-6-13(12-14)19-17-10-3-1-8-15(17)16-9-2-4-11-18(16)19/h1-12,19H. The fourth-order valence-corrected chi connectivity index (χ4v) is 3.41. The quantitative estimate of drug-likeness (QED) is 0.413. The SMILES string of the molecule is FC(F)(F)c1cccc(C2c3ccccc3-c3ccccc32)c1. The number of benzene rings is 3. The number of halogens is 3. The smallest absolute Gasteiger partial charge is 0.166 e. The van der Waals surface area contributed by atoms with Crippen LogP contribution in [-0.2, 0) is 6.18 Å². The summed E-state index contributed by atoms with van der Waals surface area (Å²) < 4.78 is 39.1. The maximum atomic E-state index is 13.0. The summed E-state index contributed by atoms with van der Waals surface area (Å²) in [7, 11) is 0. The first-order valence-corrected chi connectivity index (χ1v) is 7.41. The third-order valence-corrected chi connectivity index (χ3v) is 4.38. The number of hydrogen-bond donors (Lipinski definition) is 0. The van der Waals surface area contributed by atoms with Crippen LogP contribution in [0, 0.1) is 0 Å². The summed E-state index contributed by atoms with van der Waals surface area (Å²) in [6.45, 7) is 0. The summed E-state index contributed by atoms with van der Waals surface area (Å²) in [5.74, 6) is -0.148. The molecule has 0 amide bonds. The van der Waals surface area contributed by atoms with Crippen molar-refractivity contribution >= 4 is 0 Å². The molecule has 0 fully saturated rings. The third-order valence-electron chi connectivity index (χ3n) is 4.38. The summed E-state index contributed by atoms with van der Waals surface area (Å²) >= 11 is 0. The fourth-order valence-electron chi connectivity index (χ4n) is 3.41. The van der Waals surface area contributed by atoms with Gasteiger partial charge in [0.25, 0.3) is 0 Å². The van der Waals surface area contributed by atoms with Crippen molar-refractivity contribution in [3.8, 4) is 11.1 Å². The van der Waals surface area contributed by atoms with Crippen LogP contribution in [0.1, 0.15) is 28.2 Å². The Bertz CT molecular complexity index is 832. The Kier molecular flexibility index (Phi) is 3.05. The predicted molar refractivity (Wildman–Crippen MR) is 84.3 cm³/mol. The molecule has 1 aliphatic rings. The van der Waals surface area contributed by atoms with Gasteiger partial charge in [-0.1, -0.05) is 66.7 Å². The molecule has 3 aromatic carbocycles. The molecule has 23 heavy (non-hydrogen) atoms. The van der Waals surface area contributed by atoms with E-state index in [-0.39, 0.29) is 5.92 Å². The molecule has 0 saturated heterocycles. The molecule has 0 heterocycles. The molecule has 3 aromatic rings. The van der Waals surface area contributed by atoms with Crippen LogP contribution in [0.25, 0.3) is 11.1 Å². The Morgan fingerprint density at radius 2 is 1.22 bits per heavy atom. The molecule has 0 aliphatic heterocycles. The van der Waals surface area contributed by atoms with Crippen molar-refractivity contribution in [2.45, 2.75) is 12.1 Å². The summed E-state index contributed by atoms with van der Waals surface area (Å²) in [6.07, 6.45) is -4.33. The van der Waals surface area contributed by atoms with E-state index >= 15 is 0 Å². The average molecular weight is 310 g/mol. The largest absolute Gasteiger partial charge is 0.416 e. The molecule has 0 nitrogen and oxygen atoms in total. The topological polar surface area (TPSA) is 0 Å². The highest BCUT2D eigenvalue weighted by Gasteiger charge is 2.33. The first-order valence-electron chi connectivity index (χ1n) is 7.41. The van der Waals surface area contributed by atoms with Crippen LogP contribution < -0.4 is 0 Å². The van der Waals surface area contributed by atoms with Crippen molar-refractivity contribution < 1.29 is 13.2 Å². The van der Waals surface area contributed by atoms with E-state index in [0.29, 0.717) is 5.56 Å². The monoisotopic (exact) mass is 310 g/mol. The van der Waals surface area contributed by atoms with E-state index in [9.17, 15) is 13.2 Å². The summed E-state index contributed by atoms with van der Waals surface area (Å²) in [6, 6.07) is 21.5. The minimum atomic E-state index is -4.33. The minimum Gasteiger partial charge on any atom is -0.166 e. The van der Waals surface area contributed by atoms with Gasteiger partial charge >= 0.3 is 6.18 Å². The summed E-state index contributed by atoms with van der Waals surface area (Å²) in [4.78, 5) is 0. The number of alkyl halides is 3. The highest BCUT2D eigenvalue weighted by atomic mass is 19.4. The maximum Gasteiger partial charge on any atom is 0.416 e. The lowest BCUT2D eigenvalue weighted by atomic mass is 9.88. The van der Waals surface area contributed by atoms with E-state index in [2.05, 4.69) is 0 Å². The predicted octanol–water partition coefficient (Wildman–Crippen LogP) is 5.87. The zero-order chi connectivity index (χ0) is 16.0. The molecule has 0 saturated carbocycles. The third kappa shape index (κ3) is 2.24. The molecule has 0 atom stereocenters. The van der Waals surface area contributed by atoms with Gasteiger partial charge in [-0.2, -0.15) is 13.2 Å². The molecule has 0 N–H and O–H groups in total. The van der Waals surface area contributed by atoms with Crippen LogP contribution in [-0.4, -0.2) is 0 Å². The molecule has 0 radical (unpaired) electrons. The van der Waals surface area contributed by atoms with Gasteiger partial charge in [0.05, 0.1) is 5.56 Å². The maximum absolute atomic E-state index is 13.0. The van der Waals surface area contributed by atoms with Gasteiger partial charge in [-0.25, -0.2) is 0 Å². The molecule has 0 spiro atoms. The second kappa shape index (κ2) is 4.98. The molecule has 0 aromatic heterocycles. The van der Waals surface area contributed by atoms with Crippen LogP contribution in [0.5, 0.6) is 0 Å². The zero-order valence-electron chi connectivity index (χ0n) is 12.1. The van der Waals surface area contributed by atoms with Crippen LogP contribution >= 0.6 is 0 Å². The van der Waals surface area contributed by atoms with Gasteiger partial charge in [-0.05, 0) is 33.9 Å². The fraction of sp³-hybridized carbons (Fsp3) is 0.100. The van der Waals surface area contributed by atoms with E-state index in [1.165, 1.54) is 12.1 Å². The molecule has 4 rings (SSSR count). The first kappa shape index (κ1) is 14.1. The molecule has 0 unspecified atom stereocenters. The van der Waals surface area contributed by atoms with Crippen LogP contribution in [0.2, 0.25) is 0 Å². The van der Waals surface area contributed by atoms with Gasteiger partial charge < -0.3 is 0 Å². The van der Waals surface area contributed by atoms with Gasteiger partial charge in [0.1, 0.15) is 0 Å². The van der Waals surface area contributed by atoms with Crippen molar-refractivity contribution in [2.24, 2.45) is 0 Å². The Balaban J connectivity index is 1.93. The zero-order valence-corrected chi connectivity index (χ0v) is 12.1. The number of fused-ring (bicyclic) bond motifs is 3. The number of hydrogen-bond acceptors (Lipinski definition) is 0. The van der Waals surface area contributed by atoms with Crippen molar-refractivity contribution in [1.82, 2.24) is 0 Å². The Morgan fingerprint density at radius 1 is 0.652 bits per heavy atom. The second-order valence-electron chi connectivity index (χ2n) is 5.73. The lowest BCUT2D eigenvalue weighted by Gasteiger charge is -2.16. The lowest BCUT2D eigenvalue weighted by molar-refractivity contribution is -0.137. The lowest BCUT2D eigenvalue weighted by Crippen LogP contribution is -2.07.